The van der Waals surface area contributed by atoms with Gasteiger partial charge in [0.1, 0.15) is 5.75 Å². The molecule has 8 nitrogen and oxygen atoms in total. The van der Waals surface area contributed by atoms with Gasteiger partial charge in [-0.05, 0) is 49.2 Å². The van der Waals surface area contributed by atoms with Crippen molar-refractivity contribution >= 4 is 32.0 Å². The van der Waals surface area contributed by atoms with Gasteiger partial charge in [0, 0.05) is 36.2 Å². The SMILES string of the molecule is COc1ccc(-c2csc(N3CCC(S(=O)(=O)c4ccc([N+](=O)[O-])cc4)CC3)n2)cc1. The lowest BCUT2D eigenvalue weighted by atomic mass is 10.1. The van der Waals surface area contributed by atoms with Crippen molar-refractivity contribution < 1.29 is 18.1 Å². The van der Waals surface area contributed by atoms with Crippen LogP contribution in [0, 0.1) is 10.1 Å². The fourth-order valence-electron chi connectivity index (χ4n) is 3.61. The van der Waals surface area contributed by atoms with Gasteiger partial charge in [0.15, 0.2) is 15.0 Å². The van der Waals surface area contributed by atoms with E-state index in [-0.39, 0.29) is 10.6 Å². The van der Waals surface area contributed by atoms with E-state index in [1.54, 1.807) is 18.4 Å². The van der Waals surface area contributed by atoms with Crippen molar-refractivity contribution in [2.24, 2.45) is 0 Å². The van der Waals surface area contributed by atoms with Crippen LogP contribution < -0.4 is 9.64 Å². The monoisotopic (exact) mass is 459 g/mol. The van der Waals surface area contributed by atoms with Crippen LogP contribution in [0.1, 0.15) is 12.8 Å². The fourth-order valence-corrected chi connectivity index (χ4v) is 6.23. The lowest BCUT2D eigenvalue weighted by molar-refractivity contribution is -0.384. The second-order valence-electron chi connectivity index (χ2n) is 7.23. The number of methoxy groups -OCH3 is 1. The van der Waals surface area contributed by atoms with Crippen molar-refractivity contribution in [3.63, 3.8) is 0 Å². The Morgan fingerprint density at radius 2 is 1.74 bits per heavy atom. The molecule has 2 heterocycles. The largest absolute Gasteiger partial charge is 0.497 e. The Kier molecular flexibility index (Phi) is 5.92. The van der Waals surface area contributed by atoms with E-state index >= 15 is 0 Å². The molecule has 0 bridgehead atoms. The van der Waals surface area contributed by atoms with Crippen molar-refractivity contribution in [2.75, 3.05) is 25.1 Å². The van der Waals surface area contributed by atoms with E-state index in [1.807, 2.05) is 29.6 Å². The number of anilines is 1. The van der Waals surface area contributed by atoms with Crippen molar-refractivity contribution in [3.05, 3.63) is 64.0 Å². The first-order valence-electron chi connectivity index (χ1n) is 9.72. The second kappa shape index (κ2) is 8.64. The second-order valence-corrected chi connectivity index (χ2v) is 10.3. The Morgan fingerprint density at radius 1 is 1.10 bits per heavy atom. The number of hydrogen-bond donors (Lipinski definition) is 0. The minimum Gasteiger partial charge on any atom is -0.497 e. The molecule has 1 aliphatic rings. The highest BCUT2D eigenvalue weighted by Crippen LogP contribution is 2.32. The molecule has 0 spiro atoms. The number of non-ortho nitro benzene ring substituents is 1. The molecule has 0 unspecified atom stereocenters. The molecular formula is C21H21N3O5S2. The molecule has 1 aliphatic heterocycles. The van der Waals surface area contributed by atoms with E-state index in [9.17, 15) is 18.5 Å². The van der Waals surface area contributed by atoms with Gasteiger partial charge in [0.25, 0.3) is 5.69 Å². The molecule has 3 aromatic rings. The van der Waals surface area contributed by atoms with Crippen LogP contribution in [0.15, 0.2) is 58.8 Å². The summed E-state index contributed by atoms with van der Waals surface area (Å²) < 4.78 is 31.1. The van der Waals surface area contributed by atoms with Crippen LogP contribution in [0.3, 0.4) is 0 Å². The summed E-state index contributed by atoms with van der Waals surface area (Å²) in [5, 5.41) is 13.2. The molecule has 10 heteroatoms. The molecular weight excluding hydrogens is 438 g/mol. The van der Waals surface area contributed by atoms with E-state index in [2.05, 4.69) is 4.90 Å². The van der Waals surface area contributed by atoms with Gasteiger partial charge in [-0.1, -0.05) is 0 Å². The number of benzene rings is 2. The Hall–Kier alpha value is -2.98. The van der Waals surface area contributed by atoms with Crippen LogP contribution in [0.5, 0.6) is 5.75 Å². The van der Waals surface area contributed by atoms with Crippen LogP contribution in [-0.2, 0) is 9.84 Å². The van der Waals surface area contributed by atoms with Crippen molar-refractivity contribution in [1.82, 2.24) is 4.98 Å². The summed E-state index contributed by atoms with van der Waals surface area (Å²) in [5.41, 5.74) is 1.76. The predicted molar refractivity (Wildman–Crippen MR) is 120 cm³/mol. The molecule has 0 saturated carbocycles. The molecule has 0 amide bonds. The average Bonchev–Trinajstić information content (AvgIpc) is 3.29. The lowest BCUT2D eigenvalue weighted by Crippen LogP contribution is -2.39. The fraction of sp³-hybridized carbons (Fsp3) is 0.286. The highest BCUT2D eigenvalue weighted by atomic mass is 32.2. The van der Waals surface area contributed by atoms with E-state index in [0.29, 0.717) is 25.9 Å². The number of aromatic nitrogens is 1. The maximum atomic E-state index is 12.9. The number of nitro benzene ring substituents is 1. The molecule has 1 fully saturated rings. The normalized spacial score (nSPS) is 15.1. The minimum absolute atomic E-state index is 0.120. The van der Waals surface area contributed by atoms with Gasteiger partial charge in [-0.2, -0.15) is 0 Å². The smallest absolute Gasteiger partial charge is 0.269 e. The van der Waals surface area contributed by atoms with Crippen molar-refractivity contribution in [1.29, 1.82) is 0 Å². The molecule has 1 aromatic heterocycles. The zero-order valence-corrected chi connectivity index (χ0v) is 18.4. The number of hydrogen-bond acceptors (Lipinski definition) is 8. The first-order chi connectivity index (χ1) is 14.9. The van der Waals surface area contributed by atoms with Crippen LogP contribution in [0.2, 0.25) is 0 Å². The Morgan fingerprint density at radius 3 is 2.32 bits per heavy atom. The molecule has 0 radical (unpaired) electrons. The van der Waals surface area contributed by atoms with Gasteiger partial charge in [0.2, 0.25) is 0 Å². The number of ether oxygens (including phenoxy) is 1. The van der Waals surface area contributed by atoms with Gasteiger partial charge < -0.3 is 9.64 Å². The maximum Gasteiger partial charge on any atom is 0.269 e. The highest BCUT2D eigenvalue weighted by Gasteiger charge is 2.32. The number of thiazole rings is 1. The molecule has 0 N–H and O–H groups in total. The molecule has 0 aliphatic carbocycles. The molecule has 4 rings (SSSR count). The standard InChI is InChI=1S/C21H21N3O5S2/c1-29-17-6-2-15(3-7-17)20-14-30-21(22-20)23-12-10-19(11-13-23)31(27,28)18-8-4-16(5-9-18)24(25)26/h2-9,14,19H,10-13H2,1H3. The van der Waals surface area contributed by atoms with Gasteiger partial charge in [0.05, 0.1) is 27.9 Å². The summed E-state index contributed by atoms with van der Waals surface area (Å²) in [7, 11) is -1.91. The third-order valence-electron chi connectivity index (χ3n) is 5.41. The zero-order valence-electron chi connectivity index (χ0n) is 16.8. The van der Waals surface area contributed by atoms with E-state index in [1.165, 1.54) is 24.3 Å². The average molecular weight is 460 g/mol. The third-order valence-corrected chi connectivity index (χ3v) is 8.58. The van der Waals surface area contributed by atoms with Gasteiger partial charge in [-0.15, -0.1) is 11.3 Å². The van der Waals surface area contributed by atoms with E-state index in [0.717, 1.165) is 22.1 Å². The van der Waals surface area contributed by atoms with Gasteiger partial charge in [-0.25, -0.2) is 13.4 Å². The van der Waals surface area contributed by atoms with Crippen LogP contribution >= 0.6 is 11.3 Å². The van der Waals surface area contributed by atoms with Crippen molar-refractivity contribution in [3.8, 4) is 17.0 Å². The highest BCUT2D eigenvalue weighted by molar-refractivity contribution is 7.92. The lowest BCUT2D eigenvalue weighted by Gasteiger charge is -2.31. The van der Waals surface area contributed by atoms with Gasteiger partial charge >= 0.3 is 0 Å². The van der Waals surface area contributed by atoms with Crippen LogP contribution in [-0.4, -0.2) is 43.8 Å². The number of sulfone groups is 1. The maximum absolute atomic E-state index is 12.9. The molecule has 1 saturated heterocycles. The summed E-state index contributed by atoms with van der Waals surface area (Å²) in [5.74, 6) is 0.788. The Balaban J connectivity index is 1.42. The minimum atomic E-state index is -3.53. The van der Waals surface area contributed by atoms with E-state index in [4.69, 9.17) is 9.72 Å². The first kappa shape index (κ1) is 21.3. The number of nitrogens with zero attached hydrogens (tertiary/aromatic N) is 3. The van der Waals surface area contributed by atoms with Gasteiger partial charge in [-0.3, -0.25) is 10.1 Å². The predicted octanol–water partition coefficient (Wildman–Crippen LogP) is 4.17. The molecule has 2 aromatic carbocycles. The van der Waals surface area contributed by atoms with Crippen LogP contribution in [0.25, 0.3) is 11.3 Å². The summed E-state index contributed by atoms with van der Waals surface area (Å²) in [6.07, 6.45) is 0.966. The Bertz CT molecular complexity index is 1170. The summed E-state index contributed by atoms with van der Waals surface area (Å²) >= 11 is 1.54. The third kappa shape index (κ3) is 4.40. The van der Waals surface area contributed by atoms with Crippen molar-refractivity contribution in [2.45, 2.75) is 23.0 Å². The van der Waals surface area contributed by atoms with Crippen LogP contribution in [0.4, 0.5) is 10.8 Å². The quantitative estimate of drug-likeness (QED) is 0.403. The summed E-state index contributed by atoms with van der Waals surface area (Å²) in [4.78, 5) is 17.2. The molecule has 0 atom stereocenters. The van der Waals surface area contributed by atoms with E-state index < -0.39 is 20.0 Å². The summed E-state index contributed by atoms with van der Waals surface area (Å²) in [6.45, 7) is 1.18. The molecule has 162 valence electrons. The number of piperidine rings is 1. The number of rotatable bonds is 6. The topological polar surface area (TPSA) is 103 Å². The first-order valence-corrected chi connectivity index (χ1v) is 12.1. The Labute approximate surface area is 184 Å². The zero-order chi connectivity index (χ0) is 22.0. The summed E-state index contributed by atoms with van der Waals surface area (Å²) in [6, 6.07) is 12.8. The molecule has 31 heavy (non-hydrogen) atoms. The number of nitro groups is 1.